The molecule has 1 nitrogen and oxygen atoms in total. The van der Waals surface area contributed by atoms with Crippen LogP contribution >= 0.6 is 15.9 Å². The number of Topliss-reactive ketones (excluding diaryl/α,β-unsaturated/α-hetero) is 1. The average molecular weight is 285 g/mol. The van der Waals surface area contributed by atoms with Crippen molar-refractivity contribution in [1.82, 2.24) is 0 Å². The second kappa shape index (κ2) is 5.81. The van der Waals surface area contributed by atoms with E-state index in [4.69, 9.17) is 0 Å². The van der Waals surface area contributed by atoms with Gasteiger partial charge in [0.15, 0.2) is 0 Å². The number of carbonyl (C=O) groups is 1. The molecular formula is C14H21BrO. The number of allylic oxidation sites excluding steroid dienone is 4. The lowest BCUT2D eigenvalue weighted by molar-refractivity contribution is -0.119. The summed E-state index contributed by atoms with van der Waals surface area (Å²) in [7, 11) is 0. The summed E-state index contributed by atoms with van der Waals surface area (Å²) in [4.78, 5) is 11.4. The molecule has 0 saturated carbocycles. The summed E-state index contributed by atoms with van der Waals surface area (Å²) < 4.78 is -0.271. The normalized spacial score (nSPS) is 24.9. The number of rotatable bonds is 4. The van der Waals surface area contributed by atoms with E-state index in [1.54, 1.807) is 6.92 Å². The minimum absolute atomic E-state index is 0.257. The summed E-state index contributed by atoms with van der Waals surface area (Å²) in [5, 5.41) is 0. The predicted molar refractivity (Wildman–Crippen MR) is 72.9 cm³/mol. The quantitative estimate of drug-likeness (QED) is 0.546. The second-order valence-electron chi connectivity index (χ2n) is 4.91. The van der Waals surface area contributed by atoms with Gasteiger partial charge in [-0.1, -0.05) is 39.2 Å². The first-order valence-electron chi connectivity index (χ1n) is 5.95. The highest BCUT2D eigenvalue weighted by Gasteiger charge is 2.33. The zero-order chi connectivity index (χ0) is 12.2. The Kier molecular flexibility index (Phi) is 4.97. The van der Waals surface area contributed by atoms with E-state index in [0.29, 0.717) is 0 Å². The van der Waals surface area contributed by atoms with Crippen molar-refractivity contribution < 1.29 is 4.79 Å². The van der Waals surface area contributed by atoms with Crippen LogP contribution in [-0.4, -0.2) is 10.1 Å². The van der Waals surface area contributed by atoms with Crippen LogP contribution in [0.1, 0.15) is 52.9 Å². The largest absolute Gasteiger partial charge is 0.298 e. The Bertz CT molecular complexity index is 324. The van der Waals surface area contributed by atoms with Crippen LogP contribution in [0.5, 0.6) is 0 Å². The maximum absolute atomic E-state index is 11.4. The lowest BCUT2D eigenvalue weighted by Gasteiger charge is -2.28. The molecule has 0 bridgehead atoms. The molecule has 1 atom stereocenters. The Morgan fingerprint density at radius 2 is 2.19 bits per heavy atom. The SMILES string of the molecule is CC(=O)C1(Br)CC=C(CCC=C(C)C)CC1. The first kappa shape index (κ1) is 13.7. The zero-order valence-corrected chi connectivity index (χ0v) is 12.1. The van der Waals surface area contributed by atoms with Gasteiger partial charge < -0.3 is 0 Å². The van der Waals surface area contributed by atoms with Crippen LogP contribution in [-0.2, 0) is 4.79 Å². The highest BCUT2D eigenvalue weighted by molar-refractivity contribution is 9.10. The number of ketones is 1. The number of carbonyl (C=O) groups excluding carboxylic acids is 1. The summed E-state index contributed by atoms with van der Waals surface area (Å²) in [6.45, 7) is 5.94. The monoisotopic (exact) mass is 284 g/mol. The van der Waals surface area contributed by atoms with E-state index in [9.17, 15) is 4.79 Å². The molecule has 16 heavy (non-hydrogen) atoms. The molecule has 0 aromatic carbocycles. The lowest BCUT2D eigenvalue weighted by Crippen LogP contribution is -2.31. The number of hydrogen-bond acceptors (Lipinski definition) is 1. The lowest BCUT2D eigenvalue weighted by atomic mass is 9.85. The van der Waals surface area contributed by atoms with E-state index in [-0.39, 0.29) is 10.1 Å². The van der Waals surface area contributed by atoms with E-state index < -0.39 is 0 Å². The van der Waals surface area contributed by atoms with E-state index >= 15 is 0 Å². The van der Waals surface area contributed by atoms with Gasteiger partial charge >= 0.3 is 0 Å². The first-order chi connectivity index (χ1) is 7.44. The van der Waals surface area contributed by atoms with Crippen LogP contribution in [0, 0.1) is 0 Å². The van der Waals surface area contributed by atoms with Gasteiger partial charge in [0.2, 0.25) is 0 Å². The highest BCUT2D eigenvalue weighted by atomic mass is 79.9. The van der Waals surface area contributed by atoms with E-state index in [1.165, 1.54) is 11.1 Å². The van der Waals surface area contributed by atoms with Gasteiger partial charge in [-0.2, -0.15) is 0 Å². The van der Waals surface area contributed by atoms with Crippen molar-refractivity contribution in [2.75, 3.05) is 0 Å². The van der Waals surface area contributed by atoms with Crippen molar-refractivity contribution in [2.24, 2.45) is 0 Å². The molecule has 0 fully saturated rings. The van der Waals surface area contributed by atoms with Gasteiger partial charge in [-0.25, -0.2) is 0 Å². The van der Waals surface area contributed by atoms with Crippen molar-refractivity contribution in [3.05, 3.63) is 23.3 Å². The Hall–Kier alpha value is -0.370. The standard InChI is InChI=1S/C14H21BrO/c1-11(2)5-4-6-13-7-9-14(15,10-8-13)12(3)16/h5,7H,4,6,8-10H2,1-3H3. The number of hydrogen-bond donors (Lipinski definition) is 0. The topological polar surface area (TPSA) is 17.1 Å². The van der Waals surface area contributed by atoms with E-state index in [1.807, 2.05) is 0 Å². The smallest absolute Gasteiger partial charge is 0.146 e. The molecule has 0 saturated heterocycles. The van der Waals surface area contributed by atoms with Crippen LogP contribution in [0.4, 0.5) is 0 Å². The van der Waals surface area contributed by atoms with Crippen molar-refractivity contribution in [1.29, 1.82) is 0 Å². The molecule has 0 N–H and O–H groups in total. The van der Waals surface area contributed by atoms with Gasteiger partial charge in [-0.3, -0.25) is 4.79 Å². The minimum atomic E-state index is -0.271. The van der Waals surface area contributed by atoms with Gasteiger partial charge in [0.05, 0.1) is 4.32 Å². The zero-order valence-electron chi connectivity index (χ0n) is 10.5. The van der Waals surface area contributed by atoms with E-state index in [0.717, 1.165) is 32.1 Å². The van der Waals surface area contributed by atoms with Crippen molar-refractivity contribution in [2.45, 2.75) is 57.2 Å². The first-order valence-corrected chi connectivity index (χ1v) is 6.74. The van der Waals surface area contributed by atoms with Crippen LogP contribution in [0.2, 0.25) is 0 Å². The van der Waals surface area contributed by atoms with Crippen molar-refractivity contribution in [3.63, 3.8) is 0 Å². The summed E-state index contributed by atoms with van der Waals surface area (Å²) in [6, 6.07) is 0. The predicted octanol–water partition coefficient (Wildman–Crippen LogP) is 4.57. The van der Waals surface area contributed by atoms with Crippen LogP contribution < -0.4 is 0 Å². The van der Waals surface area contributed by atoms with Crippen molar-refractivity contribution >= 4 is 21.7 Å². The molecule has 1 unspecified atom stereocenters. The van der Waals surface area contributed by atoms with E-state index in [2.05, 4.69) is 41.9 Å². The third-order valence-corrected chi connectivity index (χ3v) is 4.48. The minimum Gasteiger partial charge on any atom is -0.298 e. The van der Waals surface area contributed by atoms with Crippen LogP contribution in [0.25, 0.3) is 0 Å². The van der Waals surface area contributed by atoms with Crippen LogP contribution in [0.15, 0.2) is 23.3 Å². The molecule has 0 aromatic rings. The molecule has 2 heteroatoms. The molecular weight excluding hydrogens is 264 g/mol. The van der Waals surface area contributed by atoms with Gasteiger partial charge in [0.1, 0.15) is 5.78 Å². The molecule has 90 valence electrons. The summed E-state index contributed by atoms with van der Waals surface area (Å²) in [6.07, 6.45) is 9.66. The summed E-state index contributed by atoms with van der Waals surface area (Å²) in [5.41, 5.74) is 2.89. The molecule has 0 heterocycles. The molecule has 0 spiro atoms. The maximum atomic E-state index is 11.4. The molecule has 1 aliphatic rings. The fraction of sp³-hybridized carbons (Fsp3) is 0.643. The molecule has 0 aliphatic heterocycles. The molecule has 1 aliphatic carbocycles. The Morgan fingerprint density at radius 3 is 2.62 bits per heavy atom. The van der Waals surface area contributed by atoms with Gasteiger partial charge in [0, 0.05) is 0 Å². The molecule has 0 aromatic heterocycles. The van der Waals surface area contributed by atoms with Gasteiger partial charge in [-0.15, -0.1) is 0 Å². The van der Waals surface area contributed by atoms with Crippen LogP contribution in [0.3, 0.4) is 0 Å². The van der Waals surface area contributed by atoms with Crippen molar-refractivity contribution in [3.8, 4) is 0 Å². The molecule has 0 amide bonds. The molecule has 1 rings (SSSR count). The fourth-order valence-electron chi connectivity index (χ4n) is 1.96. The third-order valence-electron chi connectivity index (χ3n) is 3.21. The highest BCUT2D eigenvalue weighted by Crippen LogP contribution is 2.37. The summed E-state index contributed by atoms with van der Waals surface area (Å²) >= 11 is 3.57. The maximum Gasteiger partial charge on any atom is 0.146 e. The van der Waals surface area contributed by atoms with Gasteiger partial charge in [0.25, 0.3) is 0 Å². The van der Waals surface area contributed by atoms with Gasteiger partial charge in [-0.05, 0) is 52.9 Å². The number of halogens is 1. The summed E-state index contributed by atoms with van der Waals surface area (Å²) in [5.74, 6) is 0.257. The fourth-order valence-corrected chi connectivity index (χ4v) is 2.32. The Labute approximate surface area is 107 Å². The Balaban J connectivity index is 2.47. The molecule has 0 radical (unpaired) electrons. The Morgan fingerprint density at radius 1 is 1.50 bits per heavy atom. The third kappa shape index (κ3) is 3.89. The number of alkyl halides is 1. The average Bonchev–Trinajstić information content (AvgIpc) is 2.20. The second-order valence-corrected chi connectivity index (χ2v) is 6.43.